The zero-order valence-corrected chi connectivity index (χ0v) is 21.2. The smallest absolute Gasteiger partial charge is 0.338 e. The van der Waals surface area contributed by atoms with Crippen LogP contribution in [0.4, 0.5) is 5.82 Å². The Kier molecular flexibility index (Phi) is 6.63. The van der Waals surface area contributed by atoms with E-state index in [-0.39, 0.29) is 18.1 Å². The van der Waals surface area contributed by atoms with Gasteiger partial charge in [-0.05, 0) is 51.7 Å². The highest BCUT2D eigenvalue weighted by atomic mass is 16.5. The van der Waals surface area contributed by atoms with Crippen molar-refractivity contribution < 1.29 is 14.3 Å². The fourth-order valence-electron chi connectivity index (χ4n) is 5.01. The molecule has 0 amide bonds. The molecule has 0 radical (unpaired) electrons. The van der Waals surface area contributed by atoms with Gasteiger partial charge in [-0.1, -0.05) is 6.07 Å². The van der Waals surface area contributed by atoms with Gasteiger partial charge >= 0.3 is 5.97 Å². The number of esters is 1. The quantitative estimate of drug-likeness (QED) is 0.369. The summed E-state index contributed by atoms with van der Waals surface area (Å²) in [6.07, 6.45) is 9.53. The largest absolute Gasteiger partial charge is 0.490 e. The Hall–Kier alpha value is -3.88. The molecule has 188 valence electrons. The average Bonchev–Trinajstić information content (AvgIpc) is 3.49. The SMILES string of the molecule is CCNc1cc2c(cn1)c(-c1cnn(C)c1)nn2C1CCC(Oc2cccc(C(=O)OC)c2C)CC1. The summed E-state index contributed by atoms with van der Waals surface area (Å²) in [4.78, 5) is 16.7. The van der Waals surface area contributed by atoms with E-state index in [0.717, 1.165) is 71.5 Å². The first-order valence-electron chi connectivity index (χ1n) is 12.4. The lowest BCUT2D eigenvalue weighted by molar-refractivity contribution is 0.0598. The molecular formula is C27H32N6O3. The molecule has 0 bridgehead atoms. The minimum Gasteiger partial charge on any atom is -0.490 e. The lowest BCUT2D eigenvalue weighted by Crippen LogP contribution is -2.26. The minimum atomic E-state index is -0.344. The van der Waals surface area contributed by atoms with Gasteiger partial charge in [-0.3, -0.25) is 9.36 Å². The third-order valence-corrected chi connectivity index (χ3v) is 6.90. The number of aromatic nitrogens is 5. The normalized spacial score (nSPS) is 17.8. The van der Waals surface area contributed by atoms with Gasteiger partial charge < -0.3 is 14.8 Å². The summed E-state index contributed by atoms with van der Waals surface area (Å²) in [5.41, 5.74) is 4.32. The Morgan fingerprint density at radius 2 is 2.00 bits per heavy atom. The van der Waals surface area contributed by atoms with Gasteiger partial charge in [0.2, 0.25) is 0 Å². The summed E-state index contributed by atoms with van der Waals surface area (Å²) in [5, 5.41) is 13.7. The number of anilines is 1. The van der Waals surface area contributed by atoms with Crippen LogP contribution < -0.4 is 10.1 Å². The molecule has 1 aliphatic carbocycles. The molecule has 0 aliphatic heterocycles. The van der Waals surface area contributed by atoms with Crippen molar-refractivity contribution in [3.63, 3.8) is 0 Å². The highest BCUT2D eigenvalue weighted by Crippen LogP contribution is 2.37. The van der Waals surface area contributed by atoms with Crippen LogP contribution in [0.5, 0.6) is 5.75 Å². The number of hydrogen-bond acceptors (Lipinski definition) is 7. The minimum absolute atomic E-state index is 0.0893. The number of benzene rings is 1. The van der Waals surface area contributed by atoms with Gasteiger partial charge in [-0.15, -0.1) is 0 Å². The summed E-state index contributed by atoms with van der Waals surface area (Å²) in [6, 6.07) is 7.88. The Morgan fingerprint density at radius 1 is 1.19 bits per heavy atom. The molecule has 1 fully saturated rings. The molecule has 5 rings (SSSR count). The van der Waals surface area contributed by atoms with Gasteiger partial charge in [0.1, 0.15) is 17.3 Å². The summed E-state index contributed by atoms with van der Waals surface area (Å²) >= 11 is 0. The van der Waals surface area contributed by atoms with Crippen LogP contribution in [0.1, 0.15) is 54.6 Å². The lowest BCUT2D eigenvalue weighted by atomic mass is 9.92. The third-order valence-electron chi connectivity index (χ3n) is 6.90. The maximum atomic E-state index is 12.1. The first-order chi connectivity index (χ1) is 17.5. The molecule has 0 unspecified atom stereocenters. The first kappa shape index (κ1) is 23.8. The van der Waals surface area contributed by atoms with Gasteiger partial charge in [0.05, 0.1) is 36.5 Å². The summed E-state index contributed by atoms with van der Waals surface area (Å²) in [6.45, 7) is 4.77. The molecule has 1 N–H and O–H groups in total. The highest BCUT2D eigenvalue weighted by Gasteiger charge is 2.27. The second-order valence-corrected chi connectivity index (χ2v) is 9.28. The van der Waals surface area contributed by atoms with Gasteiger partial charge in [0.25, 0.3) is 0 Å². The molecule has 1 saturated carbocycles. The molecular weight excluding hydrogens is 456 g/mol. The fraction of sp³-hybridized carbons (Fsp3) is 0.407. The van der Waals surface area contributed by atoms with Crippen LogP contribution >= 0.6 is 0 Å². The Morgan fingerprint density at radius 3 is 2.69 bits per heavy atom. The number of carbonyl (C=O) groups is 1. The summed E-state index contributed by atoms with van der Waals surface area (Å²) < 4.78 is 15.2. The van der Waals surface area contributed by atoms with Crippen LogP contribution in [0, 0.1) is 6.92 Å². The number of carbonyl (C=O) groups excluding carboxylic acids is 1. The molecule has 3 heterocycles. The number of hydrogen-bond donors (Lipinski definition) is 1. The summed E-state index contributed by atoms with van der Waals surface area (Å²) in [5.74, 6) is 1.25. The van der Waals surface area contributed by atoms with E-state index in [9.17, 15) is 4.79 Å². The van der Waals surface area contributed by atoms with Crippen molar-refractivity contribution >= 4 is 22.7 Å². The van der Waals surface area contributed by atoms with Crippen molar-refractivity contribution in [2.45, 2.75) is 51.7 Å². The highest BCUT2D eigenvalue weighted by molar-refractivity contribution is 5.94. The molecule has 9 nitrogen and oxygen atoms in total. The number of nitrogens with one attached hydrogen (secondary N) is 1. The van der Waals surface area contributed by atoms with Gasteiger partial charge in [-0.25, -0.2) is 9.78 Å². The number of ether oxygens (including phenoxy) is 2. The van der Waals surface area contributed by atoms with Crippen molar-refractivity contribution in [1.29, 1.82) is 0 Å². The zero-order chi connectivity index (χ0) is 25.2. The monoisotopic (exact) mass is 488 g/mol. The fourth-order valence-corrected chi connectivity index (χ4v) is 5.01. The van der Waals surface area contributed by atoms with Gasteiger partial charge in [-0.2, -0.15) is 10.2 Å². The molecule has 3 aromatic heterocycles. The average molecular weight is 489 g/mol. The van der Waals surface area contributed by atoms with Crippen molar-refractivity contribution in [1.82, 2.24) is 24.5 Å². The van der Waals surface area contributed by atoms with E-state index in [0.29, 0.717) is 5.56 Å². The maximum Gasteiger partial charge on any atom is 0.338 e. The summed E-state index contributed by atoms with van der Waals surface area (Å²) in [7, 11) is 3.31. The molecule has 0 atom stereocenters. The van der Waals surface area contributed by atoms with E-state index in [1.165, 1.54) is 7.11 Å². The van der Waals surface area contributed by atoms with E-state index in [1.807, 2.05) is 44.7 Å². The van der Waals surface area contributed by atoms with E-state index >= 15 is 0 Å². The van der Waals surface area contributed by atoms with Crippen LogP contribution in [0.3, 0.4) is 0 Å². The lowest BCUT2D eigenvalue weighted by Gasteiger charge is -2.30. The zero-order valence-electron chi connectivity index (χ0n) is 21.2. The number of aryl methyl sites for hydroxylation is 1. The van der Waals surface area contributed by atoms with Crippen molar-refractivity contribution in [2.75, 3.05) is 19.0 Å². The van der Waals surface area contributed by atoms with Gasteiger partial charge in [0, 0.05) is 48.6 Å². The standard InChI is InChI=1S/C27H32N6O3/c1-5-28-25-13-23-22(15-29-25)26(18-14-30-32(3)16-18)31-33(23)19-9-11-20(12-10-19)36-24-8-6-7-21(17(24)2)27(34)35-4/h6-8,13-16,19-20H,5,9-12H2,1-4H3,(H,28,29). The molecule has 1 aromatic carbocycles. The number of nitrogens with zero attached hydrogens (tertiary/aromatic N) is 5. The predicted octanol–water partition coefficient (Wildman–Crippen LogP) is 4.92. The molecule has 0 spiro atoms. The number of methoxy groups -OCH3 is 1. The van der Waals surface area contributed by atoms with E-state index < -0.39 is 0 Å². The van der Waals surface area contributed by atoms with Gasteiger partial charge in [0.15, 0.2) is 0 Å². The third kappa shape index (κ3) is 4.53. The van der Waals surface area contributed by atoms with E-state index in [2.05, 4.69) is 33.1 Å². The van der Waals surface area contributed by atoms with Crippen molar-refractivity contribution in [2.24, 2.45) is 7.05 Å². The van der Waals surface area contributed by atoms with Crippen LogP contribution in [0.2, 0.25) is 0 Å². The van der Waals surface area contributed by atoms with Crippen LogP contribution in [-0.2, 0) is 11.8 Å². The number of fused-ring (bicyclic) bond motifs is 1. The van der Waals surface area contributed by atoms with Crippen LogP contribution in [-0.4, -0.2) is 50.3 Å². The maximum absolute atomic E-state index is 12.1. The number of pyridine rings is 1. The topological polar surface area (TPSA) is 96.1 Å². The molecule has 0 saturated heterocycles. The second kappa shape index (κ2) is 10.0. The Balaban J connectivity index is 1.38. The first-order valence-corrected chi connectivity index (χ1v) is 12.4. The predicted molar refractivity (Wildman–Crippen MR) is 138 cm³/mol. The second-order valence-electron chi connectivity index (χ2n) is 9.28. The van der Waals surface area contributed by atoms with Crippen molar-refractivity contribution in [3.05, 3.63) is 54.0 Å². The molecule has 9 heteroatoms. The molecule has 1 aliphatic rings. The van der Waals surface area contributed by atoms with E-state index in [4.69, 9.17) is 14.6 Å². The van der Waals surface area contributed by atoms with Crippen molar-refractivity contribution in [3.8, 4) is 17.0 Å². The molecule has 4 aromatic rings. The molecule has 36 heavy (non-hydrogen) atoms. The Bertz CT molecular complexity index is 1380. The van der Waals surface area contributed by atoms with Crippen LogP contribution in [0.15, 0.2) is 42.9 Å². The van der Waals surface area contributed by atoms with E-state index in [1.54, 1.807) is 10.7 Å². The Labute approximate surface area is 210 Å². The van der Waals surface area contributed by atoms with Crippen LogP contribution in [0.25, 0.3) is 22.2 Å². The number of rotatable bonds is 7.